The lowest BCUT2D eigenvalue weighted by atomic mass is 9.64. The summed E-state index contributed by atoms with van der Waals surface area (Å²) in [6, 6.07) is 60.1. The van der Waals surface area contributed by atoms with Crippen LogP contribution in [0.5, 0.6) is 0 Å². The molecule has 716 valence electrons. The van der Waals surface area contributed by atoms with Gasteiger partial charge in [-0.2, -0.15) is 0 Å². The van der Waals surface area contributed by atoms with Crippen molar-refractivity contribution in [2.24, 2.45) is 20.0 Å². The number of anilines is 4. The monoisotopic (exact) mass is 1860 g/mol. The van der Waals surface area contributed by atoms with Crippen molar-refractivity contribution in [1.82, 2.24) is 9.97 Å². The smallest absolute Gasteiger partial charge is 0.274 e. The largest absolute Gasteiger partial charge is 0.493 e. The summed E-state index contributed by atoms with van der Waals surface area (Å²) in [5, 5.41) is 60.0. The molecular formula is C122H130N10O8. The zero-order valence-corrected chi connectivity index (χ0v) is 83.9. The fourth-order valence-corrected chi connectivity index (χ4v) is 23.6. The van der Waals surface area contributed by atoms with Gasteiger partial charge in [-0.05, 0) is 367 Å². The van der Waals surface area contributed by atoms with E-state index in [1.54, 1.807) is 72.8 Å². The van der Waals surface area contributed by atoms with E-state index in [0.29, 0.717) is 56.4 Å². The minimum atomic E-state index is -0.420. The summed E-state index contributed by atoms with van der Waals surface area (Å²) in [5.74, 6) is -2.33. The molecule has 0 unspecified atom stereocenters. The van der Waals surface area contributed by atoms with Crippen LogP contribution in [-0.2, 0) is 21.7 Å². The van der Waals surface area contributed by atoms with Crippen LogP contribution >= 0.6 is 0 Å². The van der Waals surface area contributed by atoms with E-state index in [4.69, 9.17) is 29.9 Å². The molecule has 8 N–H and O–H groups in total. The van der Waals surface area contributed by atoms with Crippen LogP contribution in [0.25, 0.3) is 12.2 Å². The minimum absolute atomic E-state index is 0.126. The van der Waals surface area contributed by atoms with Gasteiger partial charge in [0.1, 0.15) is 22.8 Å². The predicted molar refractivity (Wildman–Crippen MR) is 571 cm³/mol. The summed E-state index contributed by atoms with van der Waals surface area (Å²) in [6.45, 7) is 32.6. The number of rotatable bonds is 0. The molecule has 22 aliphatic heterocycles. The Morgan fingerprint density at radius 2 is 0.436 bits per heavy atom. The van der Waals surface area contributed by atoms with E-state index in [9.17, 15) is 39.6 Å². The number of aliphatic hydroxyl groups is 4. The van der Waals surface area contributed by atoms with Crippen molar-refractivity contribution < 1.29 is 39.6 Å². The fourth-order valence-electron chi connectivity index (χ4n) is 23.6. The fraction of sp³-hybridized carbons (Fsp3) is 0.328. The number of nitrogens with one attached hydrogen (secondary N) is 4. The molecule has 26 aliphatic rings. The molecule has 18 heteroatoms. The summed E-state index contributed by atoms with van der Waals surface area (Å²) >= 11 is 0. The maximum Gasteiger partial charge on any atom is 0.274 e. The van der Waals surface area contributed by atoms with Gasteiger partial charge in [-0.15, -0.1) is 0 Å². The van der Waals surface area contributed by atoms with Crippen LogP contribution in [0.3, 0.4) is 0 Å². The molecule has 10 aromatic carbocycles. The Kier molecular flexibility index (Phi) is 28.0. The standard InChI is InChI=1S/C122H130N10O8/c1-71-53-91-54-72(2)105(71)125-103(133)43-41-87-33-29-35-89(69-87)113(135)127-107-75(5)57-93(58-76(107)6)121(49-25-19-26-50-121)97-67-85(15)112(86(16)68-97)132-118(140)102-40-32-38-100(124-102)116(138)130-110-81(11)63-96(64-82(110)12)120(47-23-18-24-48-120)92-55-73(3)106(74(4)56-92)126-104(134)44-42-88-34-30-36-90(70-88)114(136)128-108-77(7)59-94(60-78(108)8)122(51-27-20-28-52-122)98-65-83(13)111(84(14)66-98)131-117(139)101-39-31-37-99(123-101)115(137)129-109-79(9)61-95(62-80(109)10)119(91)45-21-17-22-46-119/h29-44,53-70H,17-28,45-52H2,1-16H3,(H,125,133)(H,126,134)(H,127,135)(H,128,136)(H,129,137)(H,130,138)(H,131,139)(H,132,140). The van der Waals surface area contributed by atoms with E-state index in [-0.39, 0.29) is 79.8 Å². The van der Waals surface area contributed by atoms with Gasteiger partial charge in [0, 0.05) is 67.7 Å². The number of amides is 4. The van der Waals surface area contributed by atoms with Crippen molar-refractivity contribution in [3.8, 4) is 0 Å². The van der Waals surface area contributed by atoms with Crippen molar-refractivity contribution >= 4 is 105 Å². The number of aliphatic imine (C=N–C) groups is 4. The molecule has 0 saturated heterocycles. The number of carbonyl (C=O) groups is 4. The molecule has 4 aliphatic carbocycles. The molecule has 24 bridgehead atoms. The Morgan fingerprint density at radius 3 is 0.679 bits per heavy atom. The van der Waals surface area contributed by atoms with E-state index < -0.39 is 11.8 Å². The third kappa shape index (κ3) is 19.7. The molecule has 4 saturated carbocycles. The zero-order valence-electron chi connectivity index (χ0n) is 83.9. The van der Waals surface area contributed by atoms with Crippen LogP contribution in [0.1, 0.15) is 326 Å². The van der Waals surface area contributed by atoms with Gasteiger partial charge in [0.25, 0.3) is 23.6 Å². The number of nitrogens with zero attached hydrogens (tertiary/aromatic N) is 6. The molecule has 4 amide bonds. The van der Waals surface area contributed by atoms with Crippen LogP contribution in [0.2, 0.25) is 0 Å². The van der Waals surface area contributed by atoms with Gasteiger partial charge < -0.3 is 41.7 Å². The van der Waals surface area contributed by atoms with Crippen LogP contribution in [0.4, 0.5) is 45.5 Å². The Hall–Kier alpha value is -14.3. The molecule has 0 radical (unpaired) electrons. The first-order chi connectivity index (χ1) is 67.1. The van der Waals surface area contributed by atoms with Crippen LogP contribution in [0, 0.1) is 111 Å². The highest BCUT2D eigenvalue weighted by Crippen LogP contribution is 2.54. The minimum Gasteiger partial charge on any atom is -0.493 e. The molecule has 18 nitrogen and oxygen atoms in total. The number of aromatic nitrogens is 2. The first-order valence-corrected chi connectivity index (χ1v) is 49.9. The molecule has 0 atom stereocenters. The summed E-state index contributed by atoms with van der Waals surface area (Å²) in [4.78, 5) is 86.6. The summed E-state index contributed by atoms with van der Waals surface area (Å²) in [6.07, 6.45) is 26.9. The number of hydrogen-bond acceptors (Lipinski definition) is 10. The van der Waals surface area contributed by atoms with E-state index in [2.05, 4.69) is 146 Å². The van der Waals surface area contributed by atoms with Gasteiger partial charge in [0.15, 0.2) is 0 Å². The second-order valence-electron chi connectivity index (χ2n) is 40.7. The number of hydrogen-bond donors (Lipinski definition) is 8. The Labute approximate surface area is 824 Å². The van der Waals surface area contributed by atoms with Crippen molar-refractivity contribution in [3.63, 3.8) is 0 Å². The molecule has 24 heterocycles. The number of aryl methyl sites for hydroxylation is 16. The molecule has 4 spiro atoms. The van der Waals surface area contributed by atoms with Crippen molar-refractivity contribution in [2.75, 3.05) is 21.3 Å². The van der Waals surface area contributed by atoms with Gasteiger partial charge >= 0.3 is 0 Å². The predicted octanol–water partition coefficient (Wildman–Crippen LogP) is 29.6. The Bertz CT molecular complexity index is 6570. The average Bonchev–Trinajstić information content (AvgIpc) is 0.758. The normalized spacial score (nSPS) is 17.0. The lowest BCUT2D eigenvalue weighted by molar-refractivity contribution is 0.101. The third-order valence-corrected chi connectivity index (χ3v) is 30.8. The Balaban J connectivity index is 0.672. The molecule has 2 aromatic heterocycles. The Morgan fingerprint density at radius 1 is 0.229 bits per heavy atom. The highest BCUT2D eigenvalue weighted by atomic mass is 16.3. The van der Waals surface area contributed by atoms with Gasteiger partial charge in [0.05, 0.1) is 22.7 Å². The van der Waals surface area contributed by atoms with Crippen LogP contribution < -0.4 is 21.3 Å². The van der Waals surface area contributed by atoms with E-state index >= 15 is 0 Å². The summed E-state index contributed by atoms with van der Waals surface area (Å²) in [7, 11) is 0. The van der Waals surface area contributed by atoms with Crippen molar-refractivity contribution in [2.45, 2.75) is 261 Å². The number of carbonyl (C=O) groups excluding carboxylic acids is 4. The first kappa shape index (κ1) is 97.4. The van der Waals surface area contributed by atoms with Crippen molar-refractivity contribution in [1.29, 1.82) is 0 Å². The molecule has 4 fully saturated rings. The van der Waals surface area contributed by atoms with Gasteiger partial charge in [0.2, 0.25) is 23.6 Å². The van der Waals surface area contributed by atoms with Crippen LogP contribution in [0.15, 0.2) is 214 Å². The van der Waals surface area contributed by atoms with Gasteiger partial charge in [-0.25, -0.2) is 29.9 Å². The second kappa shape index (κ2) is 40.3. The quantitative estimate of drug-likeness (QED) is 0.0711. The topological polar surface area (TPSA) is 273 Å². The molecule has 12 aromatic rings. The third-order valence-electron chi connectivity index (χ3n) is 30.8. The molecule has 140 heavy (non-hydrogen) atoms. The molecular weight excluding hydrogens is 1730 g/mol. The van der Waals surface area contributed by atoms with E-state index in [0.717, 1.165) is 229 Å². The lowest BCUT2D eigenvalue weighted by Gasteiger charge is -2.40. The lowest BCUT2D eigenvalue weighted by Crippen LogP contribution is -2.31. The number of aliphatic hydroxyl groups excluding tert-OH is 4. The first-order valence-electron chi connectivity index (χ1n) is 49.9. The average molecular weight is 1860 g/mol. The zero-order chi connectivity index (χ0) is 99.0. The highest BCUT2D eigenvalue weighted by Gasteiger charge is 2.43. The number of pyridine rings is 2. The van der Waals surface area contributed by atoms with E-state index in [1.165, 1.54) is 44.5 Å². The maximum atomic E-state index is 14.5. The SMILES string of the molecule is Cc1cc2cc(C)c1N=C(O)C=Cc1cccc(c1)C(=O)Nc1c(C)cc(cc1C)C1(CCCCC1)c1cc(C)c(c(C)c1)NC(=O)c1cccc(n1)C(O)=Nc1c(C)cc(cc1C)C1(CCCCC1)c1cc(C)c(c(C)c1)N=C(O)C=Cc1cccc(c1)C(=O)Nc1c(C)cc(cc1C)C1(CCCCC1)c1cc(C)c(c(C)c1)NC(=O)c1cccc(n1)C(O)=Nc1c(C)cc(cc1C)C21CCCCC1. The second-order valence-corrected chi connectivity index (χ2v) is 40.7. The summed E-state index contributed by atoms with van der Waals surface area (Å²) < 4.78 is 0. The van der Waals surface area contributed by atoms with Crippen molar-refractivity contribution in [3.05, 3.63) is 373 Å². The van der Waals surface area contributed by atoms with Gasteiger partial charge in [-0.1, -0.05) is 211 Å². The number of benzene rings is 10. The van der Waals surface area contributed by atoms with E-state index in [1.807, 2.05) is 119 Å². The maximum absolute atomic E-state index is 14.5. The summed E-state index contributed by atoms with van der Waals surface area (Å²) in [5.41, 5.74) is 31.1. The molecule has 38 rings (SSSR count). The highest BCUT2D eigenvalue weighted by molar-refractivity contribution is 6.08. The van der Waals surface area contributed by atoms with Gasteiger partial charge in [-0.3, -0.25) is 19.2 Å². The van der Waals surface area contributed by atoms with Crippen LogP contribution in [-0.4, -0.2) is 77.6 Å².